The molecule has 1 unspecified atom stereocenters. The minimum Gasteiger partial charge on any atom is -0.336 e. The highest BCUT2D eigenvalue weighted by atomic mass is 19.1. The number of benzene rings is 1. The normalized spacial score (nSPS) is 19.5. The van der Waals surface area contributed by atoms with Crippen LogP contribution in [-0.4, -0.2) is 28.3 Å². The molecule has 0 radical (unpaired) electrons. The van der Waals surface area contributed by atoms with Crippen LogP contribution < -0.4 is 0 Å². The van der Waals surface area contributed by atoms with Crippen molar-refractivity contribution in [3.63, 3.8) is 0 Å². The highest BCUT2D eigenvalue weighted by molar-refractivity contribution is 5.98. The Morgan fingerprint density at radius 2 is 2.15 bits per heavy atom. The van der Waals surface area contributed by atoms with Gasteiger partial charge in [-0.2, -0.15) is 0 Å². The molecule has 1 fully saturated rings. The molecule has 1 saturated heterocycles. The Kier molecular flexibility index (Phi) is 4.32. The van der Waals surface area contributed by atoms with Crippen LogP contribution in [0, 0.1) is 15.9 Å². The average molecular weight is 280 g/mol. The predicted octanol–water partition coefficient (Wildman–Crippen LogP) is 3.14. The molecule has 1 atom stereocenters. The van der Waals surface area contributed by atoms with Crippen molar-refractivity contribution >= 4 is 11.6 Å². The molecule has 5 nitrogen and oxygen atoms in total. The molecular weight excluding hydrogens is 263 g/mol. The summed E-state index contributed by atoms with van der Waals surface area (Å²) in [6, 6.07) is 3.03. The minimum atomic E-state index is -0.644. The van der Waals surface area contributed by atoms with Crippen LogP contribution in [0.2, 0.25) is 0 Å². The first kappa shape index (κ1) is 14.4. The number of likely N-dealkylation sites (tertiary alicyclic amines) is 1. The van der Waals surface area contributed by atoms with Gasteiger partial charge >= 0.3 is 0 Å². The maximum absolute atomic E-state index is 13.3. The van der Waals surface area contributed by atoms with E-state index in [1.165, 1.54) is 0 Å². The Bertz CT molecular complexity index is 533. The van der Waals surface area contributed by atoms with Gasteiger partial charge in [-0.1, -0.05) is 12.8 Å². The molecule has 0 N–H and O–H groups in total. The summed E-state index contributed by atoms with van der Waals surface area (Å²) in [6.45, 7) is 2.49. The maximum Gasteiger partial charge on any atom is 0.282 e. The molecule has 1 amide bonds. The lowest BCUT2D eigenvalue weighted by Crippen LogP contribution is -2.38. The number of halogens is 1. The molecule has 1 aromatic carbocycles. The number of carbonyl (C=O) groups excluding carboxylic acids is 1. The molecule has 2 rings (SSSR count). The Morgan fingerprint density at radius 1 is 1.40 bits per heavy atom. The molecule has 108 valence electrons. The van der Waals surface area contributed by atoms with Gasteiger partial charge in [-0.25, -0.2) is 4.39 Å². The number of hydrogen-bond acceptors (Lipinski definition) is 3. The van der Waals surface area contributed by atoms with E-state index in [1.807, 2.05) is 6.92 Å². The minimum absolute atomic E-state index is 0.0212. The molecule has 0 saturated carbocycles. The molecule has 0 bridgehead atoms. The molecular formula is C14H17FN2O3. The van der Waals surface area contributed by atoms with E-state index in [-0.39, 0.29) is 17.3 Å². The summed E-state index contributed by atoms with van der Waals surface area (Å²) in [5, 5.41) is 11.0. The van der Waals surface area contributed by atoms with Crippen LogP contribution in [0.15, 0.2) is 18.2 Å². The zero-order valence-corrected chi connectivity index (χ0v) is 11.3. The largest absolute Gasteiger partial charge is 0.336 e. The van der Waals surface area contributed by atoms with Gasteiger partial charge in [0.15, 0.2) is 0 Å². The van der Waals surface area contributed by atoms with Crippen LogP contribution in [0.25, 0.3) is 0 Å². The highest BCUT2D eigenvalue weighted by Crippen LogP contribution is 2.25. The lowest BCUT2D eigenvalue weighted by molar-refractivity contribution is -0.385. The van der Waals surface area contributed by atoms with Crippen molar-refractivity contribution in [1.82, 2.24) is 4.90 Å². The average Bonchev–Trinajstić information content (AvgIpc) is 2.62. The molecule has 1 aliphatic rings. The number of rotatable bonds is 2. The molecule has 1 aromatic rings. The standard InChI is InChI=1S/C14H17FN2O3/c1-10-5-3-2-4-8-16(10)14(18)12-9-11(15)6-7-13(12)17(19)20/h6-7,9-10H,2-5,8H2,1H3. The Hall–Kier alpha value is -1.98. The van der Waals surface area contributed by atoms with Crippen LogP contribution in [0.3, 0.4) is 0 Å². The summed E-state index contributed by atoms with van der Waals surface area (Å²) < 4.78 is 13.3. The van der Waals surface area contributed by atoms with Crippen LogP contribution in [0.4, 0.5) is 10.1 Å². The molecule has 6 heteroatoms. The Balaban J connectivity index is 2.36. The smallest absolute Gasteiger partial charge is 0.282 e. The van der Waals surface area contributed by atoms with Gasteiger partial charge in [0.25, 0.3) is 11.6 Å². The lowest BCUT2D eigenvalue weighted by atomic mass is 10.1. The van der Waals surface area contributed by atoms with Gasteiger partial charge in [-0.3, -0.25) is 14.9 Å². The molecule has 20 heavy (non-hydrogen) atoms. The third-order valence-electron chi connectivity index (χ3n) is 3.70. The number of nitro groups is 1. The van der Waals surface area contributed by atoms with Gasteiger partial charge in [0.2, 0.25) is 0 Å². The SMILES string of the molecule is CC1CCCCCN1C(=O)c1cc(F)ccc1[N+](=O)[O-]. The summed E-state index contributed by atoms with van der Waals surface area (Å²) in [4.78, 5) is 24.5. The molecule has 1 heterocycles. The van der Waals surface area contributed by atoms with Gasteiger partial charge in [0.05, 0.1) is 4.92 Å². The summed E-state index contributed by atoms with van der Waals surface area (Å²) in [5.41, 5.74) is -0.503. The van der Waals surface area contributed by atoms with Crippen molar-refractivity contribution < 1.29 is 14.1 Å². The summed E-state index contributed by atoms with van der Waals surface area (Å²) >= 11 is 0. The fourth-order valence-electron chi connectivity index (χ4n) is 2.57. The molecule has 1 aliphatic heterocycles. The number of carbonyl (C=O) groups is 1. The van der Waals surface area contributed by atoms with Gasteiger partial charge in [-0.15, -0.1) is 0 Å². The van der Waals surface area contributed by atoms with E-state index in [2.05, 4.69) is 0 Å². The second kappa shape index (κ2) is 5.98. The lowest BCUT2D eigenvalue weighted by Gasteiger charge is -2.27. The summed E-state index contributed by atoms with van der Waals surface area (Å²) in [5.74, 6) is -1.09. The van der Waals surface area contributed by atoms with Crippen molar-refractivity contribution in [3.05, 3.63) is 39.7 Å². The fraction of sp³-hybridized carbons (Fsp3) is 0.500. The first-order valence-corrected chi connectivity index (χ1v) is 6.75. The van der Waals surface area contributed by atoms with Crippen molar-refractivity contribution in [2.24, 2.45) is 0 Å². The monoisotopic (exact) mass is 280 g/mol. The topological polar surface area (TPSA) is 63.5 Å². The predicted molar refractivity (Wildman–Crippen MR) is 72.0 cm³/mol. The van der Waals surface area contributed by atoms with Gasteiger partial charge < -0.3 is 4.90 Å². The zero-order valence-electron chi connectivity index (χ0n) is 11.3. The number of nitro benzene ring substituents is 1. The van der Waals surface area contributed by atoms with E-state index in [4.69, 9.17) is 0 Å². The Labute approximate surface area is 116 Å². The van der Waals surface area contributed by atoms with E-state index in [9.17, 15) is 19.3 Å². The summed E-state index contributed by atoms with van der Waals surface area (Å²) in [7, 11) is 0. The van der Waals surface area contributed by atoms with Crippen LogP contribution in [-0.2, 0) is 0 Å². The van der Waals surface area contributed by atoms with Gasteiger partial charge in [-0.05, 0) is 31.9 Å². The second-order valence-corrected chi connectivity index (χ2v) is 5.12. The Morgan fingerprint density at radius 3 is 2.85 bits per heavy atom. The molecule has 0 aliphatic carbocycles. The number of nitrogens with zero attached hydrogens (tertiary/aromatic N) is 2. The number of amides is 1. The molecule has 0 aromatic heterocycles. The summed E-state index contributed by atoms with van der Waals surface area (Å²) in [6.07, 6.45) is 3.82. The van der Waals surface area contributed by atoms with E-state index in [0.717, 1.165) is 43.9 Å². The van der Waals surface area contributed by atoms with Gasteiger partial charge in [0.1, 0.15) is 11.4 Å². The van der Waals surface area contributed by atoms with E-state index >= 15 is 0 Å². The van der Waals surface area contributed by atoms with Crippen molar-refractivity contribution in [1.29, 1.82) is 0 Å². The zero-order chi connectivity index (χ0) is 14.7. The van der Waals surface area contributed by atoms with E-state index in [0.29, 0.717) is 6.54 Å². The van der Waals surface area contributed by atoms with Crippen LogP contribution in [0.1, 0.15) is 43.0 Å². The fourth-order valence-corrected chi connectivity index (χ4v) is 2.57. The molecule has 0 spiro atoms. The van der Waals surface area contributed by atoms with Gasteiger partial charge in [0, 0.05) is 18.7 Å². The maximum atomic E-state index is 13.3. The van der Waals surface area contributed by atoms with Crippen molar-refractivity contribution in [2.75, 3.05) is 6.54 Å². The quantitative estimate of drug-likeness (QED) is 0.617. The van der Waals surface area contributed by atoms with Crippen molar-refractivity contribution in [2.45, 2.75) is 38.6 Å². The first-order chi connectivity index (χ1) is 9.50. The third-order valence-corrected chi connectivity index (χ3v) is 3.70. The van der Waals surface area contributed by atoms with Crippen molar-refractivity contribution in [3.8, 4) is 0 Å². The van der Waals surface area contributed by atoms with Crippen LogP contribution in [0.5, 0.6) is 0 Å². The highest BCUT2D eigenvalue weighted by Gasteiger charge is 2.28. The first-order valence-electron chi connectivity index (χ1n) is 6.75. The van der Waals surface area contributed by atoms with E-state index in [1.54, 1.807) is 4.90 Å². The van der Waals surface area contributed by atoms with Crippen LogP contribution >= 0.6 is 0 Å². The second-order valence-electron chi connectivity index (χ2n) is 5.12. The number of hydrogen-bond donors (Lipinski definition) is 0. The van der Waals surface area contributed by atoms with E-state index < -0.39 is 16.6 Å². The third kappa shape index (κ3) is 2.95.